The van der Waals surface area contributed by atoms with Crippen molar-refractivity contribution in [2.24, 2.45) is 11.8 Å². The standard InChI is InChI=1S/C17H30N2O3/c1-5-19-15(20)12-14(16(21)22-4)17(19)7-10-18(11-8-17)9-6-13(2)3/h13-14H,5-12H2,1-4H3. The third-order valence-electron chi connectivity index (χ3n) is 5.41. The summed E-state index contributed by atoms with van der Waals surface area (Å²) >= 11 is 0. The first-order chi connectivity index (χ1) is 10.4. The zero-order valence-electron chi connectivity index (χ0n) is 14.4. The van der Waals surface area contributed by atoms with Crippen LogP contribution in [0.25, 0.3) is 0 Å². The molecule has 5 nitrogen and oxygen atoms in total. The number of nitrogens with zero attached hydrogens (tertiary/aromatic N) is 2. The Bertz CT molecular complexity index is 412. The third kappa shape index (κ3) is 3.14. The van der Waals surface area contributed by atoms with Gasteiger partial charge in [0.2, 0.25) is 5.91 Å². The lowest BCUT2D eigenvalue weighted by Crippen LogP contribution is -2.57. The van der Waals surface area contributed by atoms with Crippen molar-refractivity contribution in [3.63, 3.8) is 0 Å². The third-order valence-corrected chi connectivity index (χ3v) is 5.41. The summed E-state index contributed by atoms with van der Waals surface area (Å²) in [5, 5.41) is 0. The van der Waals surface area contributed by atoms with Gasteiger partial charge in [0.1, 0.15) is 0 Å². The molecule has 0 N–H and O–H groups in total. The molecule has 0 aromatic heterocycles. The molecule has 5 heteroatoms. The molecule has 0 radical (unpaired) electrons. The van der Waals surface area contributed by atoms with E-state index in [-0.39, 0.29) is 23.3 Å². The molecule has 0 aromatic rings. The van der Waals surface area contributed by atoms with Crippen LogP contribution in [0.4, 0.5) is 0 Å². The maximum absolute atomic E-state index is 12.3. The van der Waals surface area contributed by atoms with Crippen LogP contribution in [0.1, 0.15) is 46.5 Å². The molecule has 0 aromatic carbocycles. The molecule has 22 heavy (non-hydrogen) atoms. The second-order valence-electron chi connectivity index (χ2n) is 7.05. The summed E-state index contributed by atoms with van der Waals surface area (Å²) in [7, 11) is 1.42. The fourth-order valence-electron chi connectivity index (χ4n) is 4.07. The molecule has 2 aliphatic rings. The maximum atomic E-state index is 12.3. The quantitative estimate of drug-likeness (QED) is 0.728. The average Bonchev–Trinajstić information content (AvgIpc) is 2.77. The monoisotopic (exact) mass is 310 g/mol. The zero-order chi connectivity index (χ0) is 16.3. The Hall–Kier alpha value is -1.10. The first-order valence-electron chi connectivity index (χ1n) is 8.55. The van der Waals surface area contributed by atoms with Crippen molar-refractivity contribution in [1.82, 2.24) is 9.80 Å². The number of hydrogen-bond donors (Lipinski definition) is 0. The number of rotatable bonds is 5. The second-order valence-corrected chi connectivity index (χ2v) is 7.05. The van der Waals surface area contributed by atoms with E-state index in [0.717, 1.165) is 32.5 Å². The number of carbonyl (C=O) groups is 2. The minimum Gasteiger partial charge on any atom is -0.469 e. The summed E-state index contributed by atoms with van der Waals surface area (Å²) in [4.78, 5) is 28.9. The van der Waals surface area contributed by atoms with Gasteiger partial charge in [-0.25, -0.2) is 0 Å². The molecule has 126 valence electrons. The summed E-state index contributed by atoms with van der Waals surface area (Å²) in [6, 6.07) is 0. The van der Waals surface area contributed by atoms with E-state index in [0.29, 0.717) is 18.9 Å². The van der Waals surface area contributed by atoms with Crippen LogP contribution in [0.5, 0.6) is 0 Å². The van der Waals surface area contributed by atoms with Gasteiger partial charge >= 0.3 is 5.97 Å². The Balaban J connectivity index is 2.09. The van der Waals surface area contributed by atoms with Crippen molar-refractivity contribution < 1.29 is 14.3 Å². The summed E-state index contributed by atoms with van der Waals surface area (Å²) in [6.07, 6.45) is 3.27. The van der Waals surface area contributed by atoms with Gasteiger partial charge in [-0.05, 0) is 38.6 Å². The Morgan fingerprint density at radius 1 is 1.36 bits per heavy atom. The van der Waals surface area contributed by atoms with Gasteiger partial charge in [0.25, 0.3) is 0 Å². The van der Waals surface area contributed by atoms with E-state index in [4.69, 9.17) is 4.74 Å². The number of carbonyl (C=O) groups excluding carboxylic acids is 2. The lowest BCUT2D eigenvalue weighted by molar-refractivity contribution is -0.150. The second kappa shape index (κ2) is 6.99. The van der Waals surface area contributed by atoms with Crippen molar-refractivity contribution in [1.29, 1.82) is 0 Å². The van der Waals surface area contributed by atoms with Gasteiger partial charge in [-0.1, -0.05) is 13.8 Å². The van der Waals surface area contributed by atoms with E-state index in [1.54, 1.807) is 0 Å². The molecule has 2 fully saturated rings. The van der Waals surface area contributed by atoms with Gasteiger partial charge < -0.3 is 14.5 Å². The first kappa shape index (κ1) is 17.3. The largest absolute Gasteiger partial charge is 0.469 e. The van der Waals surface area contributed by atoms with Crippen LogP contribution < -0.4 is 0 Å². The lowest BCUT2D eigenvalue weighted by Gasteiger charge is -2.47. The fraction of sp³-hybridized carbons (Fsp3) is 0.882. The molecule has 1 amide bonds. The van der Waals surface area contributed by atoms with Crippen LogP contribution in [0, 0.1) is 11.8 Å². The van der Waals surface area contributed by atoms with Crippen LogP contribution in [0.3, 0.4) is 0 Å². The minimum atomic E-state index is -0.312. The smallest absolute Gasteiger partial charge is 0.311 e. The van der Waals surface area contributed by atoms with E-state index in [1.807, 2.05) is 11.8 Å². The van der Waals surface area contributed by atoms with Gasteiger partial charge in [0.05, 0.1) is 18.6 Å². The van der Waals surface area contributed by atoms with Gasteiger partial charge in [-0.2, -0.15) is 0 Å². The summed E-state index contributed by atoms with van der Waals surface area (Å²) in [5.41, 5.74) is -0.312. The highest BCUT2D eigenvalue weighted by Gasteiger charge is 2.56. The van der Waals surface area contributed by atoms with Crippen molar-refractivity contribution in [3.8, 4) is 0 Å². The molecule has 0 saturated carbocycles. The normalized spacial score (nSPS) is 25.2. The molecule has 2 rings (SSSR count). The van der Waals surface area contributed by atoms with Crippen molar-refractivity contribution in [3.05, 3.63) is 0 Å². The number of amides is 1. The van der Waals surface area contributed by atoms with Gasteiger partial charge in [-0.15, -0.1) is 0 Å². The van der Waals surface area contributed by atoms with E-state index in [9.17, 15) is 9.59 Å². The molecule has 2 heterocycles. The number of hydrogen-bond acceptors (Lipinski definition) is 4. The summed E-state index contributed by atoms with van der Waals surface area (Å²) < 4.78 is 4.98. The average molecular weight is 310 g/mol. The highest BCUT2D eigenvalue weighted by atomic mass is 16.5. The number of methoxy groups -OCH3 is 1. The van der Waals surface area contributed by atoms with Crippen LogP contribution in [-0.2, 0) is 14.3 Å². The Morgan fingerprint density at radius 3 is 2.50 bits per heavy atom. The van der Waals surface area contributed by atoms with Crippen LogP contribution in [0.2, 0.25) is 0 Å². The number of piperidine rings is 1. The molecule has 1 unspecified atom stereocenters. The van der Waals surface area contributed by atoms with Gasteiger partial charge in [0.15, 0.2) is 0 Å². The lowest BCUT2D eigenvalue weighted by atomic mass is 9.76. The minimum absolute atomic E-state index is 0.105. The van der Waals surface area contributed by atoms with Crippen LogP contribution in [-0.4, -0.2) is 60.5 Å². The Kier molecular flexibility index (Phi) is 5.48. The molecule has 2 aliphatic heterocycles. The number of esters is 1. The number of likely N-dealkylation sites (tertiary alicyclic amines) is 2. The number of ether oxygens (including phenoxy) is 1. The highest BCUT2D eigenvalue weighted by molar-refractivity contribution is 5.89. The molecule has 0 bridgehead atoms. The molecule has 0 aliphatic carbocycles. The predicted octanol–water partition coefficient (Wildman–Crippen LogP) is 1.91. The van der Waals surface area contributed by atoms with Crippen molar-refractivity contribution >= 4 is 11.9 Å². The topological polar surface area (TPSA) is 49.9 Å². The molecule has 2 saturated heterocycles. The van der Waals surface area contributed by atoms with Crippen LogP contribution in [0.15, 0.2) is 0 Å². The van der Waals surface area contributed by atoms with Gasteiger partial charge in [-0.3, -0.25) is 9.59 Å². The van der Waals surface area contributed by atoms with E-state index in [2.05, 4.69) is 18.7 Å². The summed E-state index contributed by atoms with van der Waals surface area (Å²) in [6.45, 7) is 10.2. The SMILES string of the molecule is CCN1C(=O)CC(C(=O)OC)C12CCN(CCC(C)C)CC2. The van der Waals surface area contributed by atoms with E-state index in [1.165, 1.54) is 13.5 Å². The predicted molar refractivity (Wildman–Crippen MR) is 85.4 cm³/mol. The maximum Gasteiger partial charge on any atom is 0.311 e. The van der Waals surface area contributed by atoms with Crippen molar-refractivity contribution in [2.75, 3.05) is 33.3 Å². The molecule has 1 spiro atoms. The fourth-order valence-corrected chi connectivity index (χ4v) is 4.07. The van der Waals surface area contributed by atoms with E-state index >= 15 is 0 Å². The molecule has 1 atom stereocenters. The Labute approximate surface area is 134 Å². The summed E-state index contributed by atoms with van der Waals surface area (Å²) in [5.74, 6) is 0.296. The Morgan fingerprint density at radius 2 is 2.00 bits per heavy atom. The zero-order valence-corrected chi connectivity index (χ0v) is 14.4. The molecular weight excluding hydrogens is 280 g/mol. The van der Waals surface area contributed by atoms with Gasteiger partial charge in [0, 0.05) is 26.1 Å². The highest BCUT2D eigenvalue weighted by Crippen LogP contribution is 2.44. The van der Waals surface area contributed by atoms with Crippen LogP contribution >= 0.6 is 0 Å². The van der Waals surface area contributed by atoms with Crippen molar-refractivity contribution in [2.45, 2.75) is 52.0 Å². The first-order valence-corrected chi connectivity index (χ1v) is 8.55. The molecular formula is C17H30N2O3. The van der Waals surface area contributed by atoms with E-state index < -0.39 is 0 Å².